The van der Waals surface area contributed by atoms with Gasteiger partial charge in [-0.2, -0.15) is 0 Å². The first-order valence-corrected chi connectivity index (χ1v) is 24.0. The van der Waals surface area contributed by atoms with Gasteiger partial charge < -0.3 is 55.6 Å². The van der Waals surface area contributed by atoms with E-state index < -0.39 is 0 Å². The Kier molecular flexibility index (Phi) is 19.5. The second kappa shape index (κ2) is 26.7. The number of anilines is 3. The highest BCUT2D eigenvalue weighted by Gasteiger charge is 2.18. The van der Waals surface area contributed by atoms with E-state index in [1.165, 1.54) is 0 Å². The predicted octanol–water partition coefficient (Wildman–Crippen LogP) is 8.91. The summed E-state index contributed by atoms with van der Waals surface area (Å²) in [4.78, 5) is 36.8. The van der Waals surface area contributed by atoms with Gasteiger partial charge in [0.2, 0.25) is 0 Å². The minimum absolute atomic E-state index is 0.0783. The molecule has 0 saturated carbocycles. The number of hydrogen-bond donors (Lipinski definition) is 6. The lowest BCUT2D eigenvalue weighted by molar-refractivity contribution is 0.0276. The fourth-order valence-electron chi connectivity index (χ4n) is 7.82. The Balaban J connectivity index is 0.000000155. The summed E-state index contributed by atoms with van der Waals surface area (Å²) in [6.07, 6.45) is 0.250. The van der Waals surface area contributed by atoms with Crippen molar-refractivity contribution in [1.82, 2.24) is 16.0 Å². The van der Waals surface area contributed by atoms with Gasteiger partial charge in [-0.3, -0.25) is 14.4 Å². The monoisotopic (exact) mass is 948 g/mol. The lowest BCUT2D eigenvalue weighted by atomic mass is 10.1. The van der Waals surface area contributed by atoms with E-state index in [2.05, 4.69) is 31.9 Å². The molecule has 0 aromatic heterocycles. The maximum atomic E-state index is 12.3. The summed E-state index contributed by atoms with van der Waals surface area (Å²) in [6, 6.07) is 45.2. The van der Waals surface area contributed by atoms with Crippen LogP contribution in [0.15, 0.2) is 146 Å². The van der Waals surface area contributed by atoms with Crippen molar-refractivity contribution < 1.29 is 38.1 Å². The molecular formula is C56H64N6O8. The summed E-state index contributed by atoms with van der Waals surface area (Å²) in [5.41, 5.74) is 8.61. The molecule has 14 nitrogen and oxygen atoms in total. The van der Waals surface area contributed by atoms with Gasteiger partial charge in [0.25, 0.3) is 17.7 Å². The van der Waals surface area contributed by atoms with Crippen molar-refractivity contribution in [2.45, 2.75) is 39.1 Å². The van der Waals surface area contributed by atoms with Crippen LogP contribution >= 0.6 is 0 Å². The number of amides is 3. The molecule has 3 aliphatic heterocycles. The number of hydrogen-bond acceptors (Lipinski definition) is 11. The molecule has 9 rings (SSSR count). The number of rotatable bonds is 13. The molecule has 3 amide bonds. The zero-order valence-electron chi connectivity index (χ0n) is 40.1. The van der Waals surface area contributed by atoms with Crippen LogP contribution in [-0.2, 0) is 14.2 Å². The summed E-state index contributed by atoms with van der Waals surface area (Å²) in [6.45, 7) is 14.4. The molecule has 3 heterocycles. The van der Waals surface area contributed by atoms with Crippen LogP contribution < -0.4 is 41.4 Å². The molecular weight excluding hydrogens is 885 g/mol. The standard InChI is InChI=1S/2C19H22N2O3.C18H20N2O2/c2*1-2-23-17-9-5-15(6-10-17)19(22)21-16-7-3-14(4-8-16)18-13-20-11-12-24-18;1-13-3-2-4-15(11-13)18(21)20-16-7-5-14(6-8-16)17-12-19-9-10-22-17/h2*3-10,18,20H,2,11-13H2,1H3,(H,21,22);2-8,11,17,19H,9-10,12H2,1H3,(H,20,21)/t2*18-;/m10./s1. The Hall–Kier alpha value is -6.91. The highest BCUT2D eigenvalue weighted by molar-refractivity contribution is 6.05. The van der Waals surface area contributed by atoms with Gasteiger partial charge in [-0.05, 0) is 135 Å². The molecule has 0 aliphatic carbocycles. The number of morpholine rings is 3. The van der Waals surface area contributed by atoms with Crippen LogP contribution in [0.5, 0.6) is 11.5 Å². The third-order valence-electron chi connectivity index (χ3n) is 11.5. The highest BCUT2D eigenvalue weighted by atomic mass is 16.5. The second-order valence-corrected chi connectivity index (χ2v) is 16.7. The summed E-state index contributed by atoms with van der Waals surface area (Å²) >= 11 is 0. The van der Waals surface area contributed by atoms with E-state index in [-0.39, 0.29) is 36.0 Å². The number of carbonyl (C=O) groups excluding carboxylic acids is 3. The van der Waals surface area contributed by atoms with Crippen LogP contribution in [0.4, 0.5) is 17.1 Å². The van der Waals surface area contributed by atoms with Crippen molar-refractivity contribution in [3.8, 4) is 11.5 Å². The van der Waals surface area contributed by atoms with Crippen LogP contribution in [-0.4, -0.2) is 90.0 Å². The summed E-state index contributed by atoms with van der Waals surface area (Å²) in [5.74, 6) is 1.16. The lowest BCUT2D eigenvalue weighted by Crippen LogP contribution is -2.33. The predicted molar refractivity (Wildman–Crippen MR) is 274 cm³/mol. The fourth-order valence-corrected chi connectivity index (χ4v) is 7.82. The van der Waals surface area contributed by atoms with Gasteiger partial charge in [0.15, 0.2) is 0 Å². The third-order valence-corrected chi connectivity index (χ3v) is 11.5. The molecule has 1 unspecified atom stereocenters. The average Bonchev–Trinajstić information content (AvgIpc) is 3.41. The molecule has 3 saturated heterocycles. The summed E-state index contributed by atoms with van der Waals surface area (Å²) < 4.78 is 27.9. The number of ether oxygens (including phenoxy) is 5. The van der Waals surface area contributed by atoms with Crippen LogP contribution in [0.1, 0.15) is 85.5 Å². The molecule has 366 valence electrons. The van der Waals surface area contributed by atoms with E-state index >= 15 is 0 Å². The van der Waals surface area contributed by atoms with Crippen molar-refractivity contribution in [1.29, 1.82) is 0 Å². The van der Waals surface area contributed by atoms with E-state index in [4.69, 9.17) is 23.7 Å². The van der Waals surface area contributed by atoms with E-state index in [1.807, 2.05) is 118 Å². The zero-order valence-corrected chi connectivity index (χ0v) is 40.1. The average molecular weight is 949 g/mol. The lowest BCUT2D eigenvalue weighted by Gasteiger charge is -2.24. The fraction of sp³-hybridized carbons (Fsp3) is 0.304. The van der Waals surface area contributed by atoms with Crippen LogP contribution in [0, 0.1) is 6.92 Å². The van der Waals surface area contributed by atoms with Crippen molar-refractivity contribution >= 4 is 34.8 Å². The Bertz CT molecular complexity index is 2420. The Morgan fingerprint density at radius 1 is 0.471 bits per heavy atom. The summed E-state index contributed by atoms with van der Waals surface area (Å²) in [7, 11) is 0. The minimum Gasteiger partial charge on any atom is -0.494 e. The molecule has 6 N–H and O–H groups in total. The normalized spacial score (nSPS) is 17.5. The van der Waals surface area contributed by atoms with E-state index in [1.54, 1.807) is 48.5 Å². The van der Waals surface area contributed by atoms with Gasteiger partial charge in [0.1, 0.15) is 11.5 Å². The van der Waals surface area contributed by atoms with Crippen molar-refractivity contribution in [3.05, 3.63) is 185 Å². The van der Waals surface area contributed by atoms with Crippen molar-refractivity contribution in [2.24, 2.45) is 0 Å². The number of aryl methyl sites for hydroxylation is 1. The third kappa shape index (κ3) is 15.6. The minimum atomic E-state index is -0.138. The largest absolute Gasteiger partial charge is 0.494 e. The number of benzene rings is 6. The summed E-state index contributed by atoms with van der Waals surface area (Å²) in [5, 5.41) is 18.7. The van der Waals surface area contributed by atoms with Crippen molar-refractivity contribution in [2.75, 3.05) is 88.3 Å². The molecule has 6 aromatic rings. The molecule has 70 heavy (non-hydrogen) atoms. The molecule has 14 heteroatoms. The molecule has 3 fully saturated rings. The van der Waals surface area contributed by atoms with Crippen molar-refractivity contribution in [3.63, 3.8) is 0 Å². The van der Waals surface area contributed by atoms with E-state index in [9.17, 15) is 14.4 Å². The molecule has 0 radical (unpaired) electrons. The zero-order chi connectivity index (χ0) is 48.9. The Morgan fingerprint density at radius 2 is 0.814 bits per heavy atom. The maximum Gasteiger partial charge on any atom is 0.255 e. The topological polar surface area (TPSA) is 170 Å². The van der Waals surface area contributed by atoms with Gasteiger partial charge >= 0.3 is 0 Å². The van der Waals surface area contributed by atoms with Gasteiger partial charge in [-0.25, -0.2) is 0 Å². The molecule has 0 spiro atoms. The molecule has 3 atom stereocenters. The first-order valence-electron chi connectivity index (χ1n) is 24.0. The van der Waals surface area contributed by atoms with E-state index in [0.29, 0.717) is 29.9 Å². The maximum absolute atomic E-state index is 12.3. The smallest absolute Gasteiger partial charge is 0.255 e. The number of carbonyl (C=O) groups is 3. The van der Waals surface area contributed by atoms with Crippen LogP contribution in [0.2, 0.25) is 0 Å². The van der Waals surface area contributed by atoms with Gasteiger partial charge in [-0.1, -0.05) is 54.1 Å². The highest BCUT2D eigenvalue weighted by Crippen LogP contribution is 2.24. The van der Waals surface area contributed by atoms with Gasteiger partial charge in [0, 0.05) is 73.0 Å². The molecule has 3 aliphatic rings. The first-order chi connectivity index (χ1) is 34.2. The van der Waals surface area contributed by atoms with Gasteiger partial charge in [-0.15, -0.1) is 0 Å². The Labute approximate surface area is 410 Å². The molecule has 6 aromatic carbocycles. The molecule has 0 bridgehead atoms. The van der Waals surface area contributed by atoms with Crippen LogP contribution in [0.3, 0.4) is 0 Å². The SMILES string of the molecule is CCOc1ccc(C(=O)Nc2ccc([C@@H]3CNCCO3)cc2)cc1.CCOc1ccc(C(=O)Nc2ccc([C@H]3CNCCO3)cc2)cc1.Cc1cccc(C(=O)Nc2ccc(C3CNCCO3)cc2)c1. The second-order valence-electron chi connectivity index (χ2n) is 16.7. The van der Waals surface area contributed by atoms with Gasteiger partial charge in [0.05, 0.1) is 51.3 Å². The van der Waals surface area contributed by atoms with E-state index in [0.717, 1.165) is 110 Å². The Morgan fingerprint density at radius 3 is 1.11 bits per heavy atom. The quantitative estimate of drug-likeness (QED) is 0.0654. The van der Waals surface area contributed by atoms with Crippen LogP contribution in [0.25, 0.3) is 0 Å². The first kappa shape index (κ1) is 51.0. The number of nitrogens with one attached hydrogen (secondary N) is 6.